The maximum atomic E-state index is 13.0. The lowest BCUT2D eigenvalue weighted by Gasteiger charge is -2.28. The smallest absolute Gasteiger partial charge is 0.322 e. The Morgan fingerprint density at radius 2 is 1.61 bits per heavy atom. The highest BCUT2D eigenvalue weighted by Gasteiger charge is 2.32. The van der Waals surface area contributed by atoms with Gasteiger partial charge < -0.3 is 31.9 Å². The minimum absolute atomic E-state index is 0.131. The Labute approximate surface area is 181 Å². The summed E-state index contributed by atoms with van der Waals surface area (Å²) in [6.07, 6.45) is -0.420. The Morgan fingerprint density at radius 1 is 1.00 bits per heavy atom. The van der Waals surface area contributed by atoms with Crippen molar-refractivity contribution in [3.05, 3.63) is 35.9 Å². The summed E-state index contributed by atoms with van der Waals surface area (Å²) < 4.78 is 0. The zero-order chi connectivity index (χ0) is 23.6. The van der Waals surface area contributed by atoms with E-state index in [0.717, 1.165) is 5.56 Å². The number of nitrogens with one attached hydrogen (secondary N) is 3. The van der Waals surface area contributed by atoms with E-state index in [1.165, 1.54) is 6.92 Å². The fourth-order valence-corrected chi connectivity index (χ4v) is 2.78. The average molecular weight is 437 g/mol. The van der Waals surface area contributed by atoms with Crippen molar-refractivity contribution in [2.45, 2.75) is 57.8 Å². The SMILES string of the molecule is CCC(C)C(NC(=O)C(N)C(C)O)C(=O)NC(Cc1ccccc1)C(=O)NCC(=O)O. The van der Waals surface area contributed by atoms with Crippen LogP contribution >= 0.6 is 0 Å². The predicted molar refractivity (Wildman–Crippen MR) is 114 cm³/mol. The Kier molecular flexibility index (Phi) is 10.6. The molecule has 0 aliphatic carbocycles. The first kappa shape index (κ1) is 26.1. The molecule has 10 heteroatoms. The van der Waals surface area contributed by atoms with E-state index in [1.807, 2.05) is 13.0 Å². The van der Waals surface area contributed by atoms with Gasteiger partial charge in [0, 0.05) is 6.42 Å². The van der Waals surface area contributed by atoms with Crippen molar-refractivity contribution < 1.29 is 29.4 Å². The molecular formula is C21H32N4O6. The molecule has 1 aromatic carbocycles. The van der Waals surface area contributed by atoms with Crippen molar-refractivity contribution in [1.29, 1.82) is 0 Å². The molecule has 1 aromatic rings. The van der Waals surface area contributed by atoms with E-state index in [0.29, 0.717) is 6.42 Å². The van der Waals surface area contributed by atoms with Crippen molar-refractivity contribution >= 4 is 23.7 Å². The molecule has 0 bridgehead atoms. The van der Waals surface area contributed by atoms with Gasteiger partial charge in [-0.2, -0.15) is 0 Å². The first-order valence-corrected chi connectivity index (χ1v) is 10.1. The fourth-order valence-electron chi connectivity index (χ4n) is 2.78. The van der Waals surface area contributed by atoms with Crippen LogP contribution in [0, 0.1) is 5.92 Å². The molecule has 0 saturated carbocycles. The number of hydrogen-bond acceptors (Lipinski definition) is 6. The first-order chi connectivity index (χ1) is 14.6. The summed E-state index contributed by atoms with van der Waals surface area (Å²) in [4.78, 5) is 48.6. The lowest BCUT2D eigenvalue weighted by Crippen LogP contribution is -2.59. The number of carboxylic acid groups (broad SMARTS) is 1. The topological polar surface area (TPSA) is 171 Å². The molecule has 7 N–H and O–H groups in total. The van der Waals surface area contributed by atoms with Gasteiger partial charge in [0.15, 0.2) is 0 Å². The fraction of sp³-hybridized carbons (Fsp3) is 0.524. The van der Waals surface area contributed by atoms with Crippen LogP contribution in [-0.4, -0.2) is 64.7 Å². The summed E-state index contributed by atoms with van der Waals surface area (Å²) in [7, 11) is 0. The number of benzene rings is 1. The van der Waals surface area contributed by atoms with Crippen LogP contribution in [0.25, 0.3) is 0 Å². The highest BCUT2D eigenvalue weighted by Crippen LogP contribution is 2.10. The number of hydrogen-bond donors (Lipinski definition) is 6. The monoisotopic (exact) mass is 436 g/mol. The van der Waals surface area contributed by atoms with E-state index in [2.05, 4.69) is 16.0 Å². The van der Waals surface area contributed by atoms with E-state index in [1.54, 1.807) is 31.2 Å². The number of carbonyl (C=O) groups is 4. The van der Waals surface area contributed by atoms with E-state index in [9.17, 15) is 24.3 Å². The van der Waals surface area contributed by atoms with E-state index < -0.39 is 54.5 Å². The van der Waals surface area contributed by atoms with Crippen LogP contribution in [-0.2, 0) is 25.6 Å². The van der Waals surface area contributed by atoms with Gasteiger partial charge in [0.2, 0.25) is 17.7 Å². The Morgan fingerprint density at radius 3 is 2.13 bits per heavy atom. The van der Waals surface area contributed by atoms with Crippen molar-refractivity contribution in [3.8, 4) is 0 Å². The molecule has 3 amide bonds. The molecule has 1 rings (SSSR count). The molecular weight excluding hydrogens is 404 g/mol. The summed E-state index contributed by atoms with van der Waals surface area (Å²) in [6.45, 7) is 4.38. The van der Waals surface area contributed by atoms with Gasteiger partial charge in [0.25, 0.3) is 0 Å². The first-order valence-electron chi connectivity index (χ1n) is 10.1. The number of carbonyl (C=O) groups excluding carboxylic acids is 3. The second-order valence-corrected chi connectivity index (χ2v) is 7.50. The largest absolute Gasteiger partial charge is 0.480 e. The van der Waals surface area contributed by atoms with Crippen LogP contribution in [0.5, 0.6) is 0 Å². The van der Waals surface area contributed by atoms with E-state index >= 15 is 0 Å². The number of rotatable bonds is 12. The van der Waals surface area contributed by atoms with Crippen LogP contribution in [0.3, 0.4) is 0 Å². The summed E-state index contributed by atoms with van der Waals surface area (Å²) in [5.41, 5.74) is 6.42. The zero-order valence-electron chi connectivity index (χ0n) is 18.0. The Bertz CT molecular complexity index is 755. The minimum Gasteiger partial charge on any atom is -0.480 e. The van der Waals surface area contributed by atoms with Crippen LogP contribution in [0.2, 0.25) is 0 Å². The highest BCUT2D eigenvalue weighted by molar-refractivity contribution is 5.94. The van der Waals surface area contributed by atoms with E-state index in [4.69, 9.17) is 10.8 Å². The number of aliphatic hydroxyl groups excluding tert-OH is 1. The summed E-state index contributed by atoms with van der Waals surface area (Å²) >= 11 is 0. The van der Waals surface area contributed by atoms with Gasteiger partial charge in [0.05, 0.1) is 6.10 Å². The molecule has 5 unspecified atom stereocenters. The molecule has 0 aliphatic heterocycles. The van der Waals surface area contributed by atoms with Gasteiger partial charge in [-0.05, 0) is 18.4 Å². The minimum atomic E-state index is -1.21. The van der Waals surface area contributed by atoms with Crippen molar-refractivity contribution in [2.24, 2.45) is 11.7 Å². The quantitative estimate of drug-likeness (QED) is 0.248. The number of aliphatic carboxylic acids is 1. The molecule has 31 heavy (non-hydrogen) atoms. The van der Waals surface area contributed by atoms with Gasteiger partial charge >= 0.3 is 5.97 Å². The van der Waals surface area contributed by atoms with Crippen molar-refractivity contribution in [1.82, 2.24) is 16.0 Å². The van der Waals surface area contributed by atoms with Crippen LogP contribution in [0.15, 0.2) is 30.3 Å². The maximum absolute atomic E-state index is 13.0. The summed E-state index contributed by atoms with van der Waals surface area (Å²) in [6, 6.07) is 5.67. The Hall–Kier alpha value is -2.98. The van der Waals surface area contributed by atoms with Crippen LogP contribution in [0.1, 0.15) is 32.8 Å². The zero-order valence-corrected chi connectivity index (χ0v) is 18.0. The highest BCUT2D eigenvalue weighted by atomic mass is 16.4. The Balaban J connectivity index is 3.02. The van der Waals surface area contributed by atoms with E-state index in [-0.39, 0.29) is 12.3 Å². The number of carboxylic acids is 1. The lowest BCUT2D eigenvalue weighted by molar-refractivity contribution is -0.138. The lowest BCUT2D eigenvalue weighted by atomic mass is 9.96. The van der Waals surface area contributed by atoms with Crippen LogP contribution < -0.4 is 21.7 Å². The molecule has 0 spiro atoms. The van der Waals surface area contributed by atoms with Gasteiger partial charge in [0.1, 0.15) is 24.7 Å². The molecule has 10 nitrogen and oxygen atoms in total. The van der Waals surface area contributed by atoms with Crippen molar-refractivity contribution in [3.63, 3.8) is 0 Å². The normalized spacial score (nSPS) is 15.6. The molecule has 5 atom stereocenters. The molecule has 0 heterocycles. The van der Waals surface area contributed by atoms with Crippen LogP contribution in [0.4, 0.5) is 0 Å². The van der Waals surface area contributed by atoms with Gasteiger partial charge in [-0.25, -0.2) is 0 Å². The third-order valence-electron chi connectivity index (χ3n) is 4.95. The molecule has 0 aromatic heterocycles. The number of aliphatic hydroxyl groups is 1. The van der Waals surface area contributed by atoms with Gasteiger partial charge in [-0.15, -0.1) is 0 Å². The van der Waals surface area contributed by atoms with Crippen molar-refractivity contribution in [2.75, 3.05) is 6.54 Å². The third-order valence-corrected chi connectivity index (χ3v) is 4.95. The maximum Gasteiger partial charge on any atom is 0.322 e. The second kappa shape index (κ2) is 12.7. The molecule has 0 saturated heterocycles. The summed E-state index contributed by atoms with van der Waals surface area (Å²) in [5, 5.41) is 25.8. The standard InChI is InChI=1S/C21H32N4O6/c1-4-12(2)18(25-20(30)17(22)13(3)26)21(31)24-15(19(29)23-11-16(27)28)10-14-8-6-5-7-9-14/h5-9,12-13,15,17-18,26H,4,10-11,22H2,1-3H3,(H,23,29)(H,24,31)(H,25,30)(H,27,28). The summed E-state index contributed by atoms with van der Waals surface area (Å²) in [5.74, 6) is -3.45. The number of amides is 3. The molecule has 0 aliphatic rings. The molecule has 172 valence electrons. The van der Waals surface area contributed by atoms with Gasteiger partial charge in [-0.3, -0.25) is 19.2 Å². The van der Waals surface area contributed by atoms with Gasteiger partial charge in [-0.1, -0.05) is 50.6 Å². The predicted octanol–water partition coefficient (Wildman–Crippen LogP) is -0.846. The number of nitrogens with two attached hydrogens (primary N) is 1. The third kappa shape index (κ3) is 8.73. The molecule has 0 fully saturated rings. The second-order valence-electron chi connectivity index (χ2n) is 7.50. The average Bonchev–Trinajstić information content (AvgIpc) is 2.74. The molecule has 0 radical (unpaired) electrons.